The minimum atomic E-state index is 0.119. The maximum Gasteiger partial charge on any atom is 0.227 e. The molecule has 2 aromatic rings. The summed E-state index contributed by atoms with van der Waals surface area (Å²) in [4.78, 5) is 18.1. The summed E-state index contributed by atoms with van der Waals surface area (Å²) in [5.74, 6) is 0.957. The smallest absolute Gasteiger partial charge is 0.227 e. The number of carbonyl (C=O) groups is 1. The third-order valence-electron chi connectivity index (χ3n) is 3.28. The van der Waals surface area contributed by atoms with Gasteiger partial charge in [-0.1, -0.05) is 12.1 Å². The molecule has 18 heavy (non-hydrogen) atoms. The van der Waals surface area contributed by atoms with Crippen LogP contribution in [0.2, 0.25) is 0 Å². The van der Waals surface area contributed by atoms with Crippen molar-refractivity contribution in [2.75, 3.05) is 11.4 Å². The Kier molecular flexibility index (Phi) is 2.44. The lowest BCUT2D eigenvalue weighted by molar-refractivity contribution is -0.117. The molecule has 4 heteroatoms. The summed E-state index contributed by atoms with van der Waals surface area (Å²) in [5.41, 5.74) is 2.31. The van der Waals surface area contributed by atoms with E-state index in [1.54, 1.807) is 4.90 Å². The lowest BCUT2D eigenvalue weighted by Gasteiger charge is -2.16. The molecular formula is C14H14N2O2. The van der Waals surface area contributed by atoms with E-state index in [0.29, 0.717) is 18.9 Å². The number of benzene rings is 1. The second kappa shape index (κ2) is 3.98. The topological polar surface area (TPSA) is 46.3 Å². The average Bonchev–Trinajstić information content (AvgIpc) is 2.90. The van der Waals surface area contributed by atoms with Crippen LogP contribution in [0.1, 0.15) is 12.3 Å². The van der Waals surface area contributed by atoms with Crippen LogP contribution in [0.4, 0.5) is 5.69 Å². The van der Waals surface area contributed by atoms with E-state index in [1.165, 1.54) is 0 Å². The number of nitrogens with zero attached hydrogens (tertiary/aromatic N) is 2. The number of anilines is 1. The molecule has 0 spiro atoms. The maximum absolute atomic E-state index is 12.0. The molecule has 1 aliphatic rings. The molecule has 4 nitrogen and oxygen atoms in total. The quantitative estimate of drug-likeness (QED) is 0.760. The Bertz CT molecular complexity index is 630. The molecule has 1 amide bonds. The fraction of sp³-hybridized carbons (Fsp3) is 0.286. The molecule has 92 valence electrons. The van der Waals surface area contributed by atoms with E-state index in [1.807, 2.05) is 31.2 Å². The van der Waals surface area contributed by atoms with Crippen LogP contribution in [-0.2, 0) is 4.79 Å². The van der Waals surface area contributed by atoms with Crippen molar-refractivity contribution in [1.29, 1.82) is 0 Å². The molecule has 0 saturated carbocycles. The van der Waals surface area contributed by atoms with Crippen LogP contribution in [0.25, 0.3) is 11.1 Å². The number of aryl methyl sites for hydroxylation is 1. The lowest BCUT2D eigenvalue weighted by atomic mass is 10.1. The van der Waals surface area contributed by atoms with Gasteiger partial charge in [-0.15, -0.1) is 6.58 Å². The summed E-state index contributed by atoms with van der Waals surface area (Å²) >= 11 is 0. The molecule has 1 atom stereocenters. The highest BCUT2D eigenvalue weighted by Gasteiger charge is 2.30. The van der Waals surface area contributed by atoms with Crippen LogP contribution in [0.15, 0.2) is 35.3 Å². The number of amides is 1. The molecule has 1 aromatic carbocycles. The van der Waals surface area contributed by atoms with Crippen molar-refractivity contribution in [1.82, 2.24) is 4.98 Å². The molecule has 1 aliphatic heterocycles. The summed E-state index contributed by atoms with van der Waals surface area (Å²) in [6.07, 6.45) is 2.36. The van der Waals surface area contributed by atoms with E-state index >= 15 is 0 Å². The van der Waals surface area contributed by atoms with Gasteiger partial charge < -0.3 is 9.32 Å². The third-order valence-corrected chi connectivity index (χ3v) is 3.28. The molecule has 1 aromatic heterocycles. The van der Waals surface area contributed by atoms with Gasteiger partial charge in [-0.2, -0.15) is 0 Å². The Hall–Kier alpha value is -2.10. The molecule has 1 unspecified atom stereocenters. The van der Waals surface area contributed by atoms with Crippen LogP contribution in [0, 0.1) is 12.8 Å². The standard InChI is InChI=1S/C14H14N2O2/c1-3-10-7-13(17)16(8-10)11-5-4-6-12-14(11)15-9(2)18-12/h3-6,10H,1,7-8H2,2H3. The maximum atomic E-state index is 12.0. The zero-order valence-corrected chi connectivity index (χ0v) is 10.2. The molecule has 1 saturated heterocycles. The number of hydrogen-bond acceptors (Lipinski definition) is 3. The van der Waals surface area contributed by atoms with E-state index in [4.69, 9.17) is 4.42 Å². The Morgan fingerprint density at radius 1 is 1.56 bits per heavy atom. The highest BCUT2D eigenvalue weighted by atomic mass is 16.3. The van der Waals surface area contributed by atoms with Crippen molar-refractivity contribution in [3.63, 3.8) is 0 Å². The molecule has 0 radical (unpaired) electrons. The van der Waals surface area contributed by atoms with Gasteiger partial charge in [0.2, 0.25) is 5.91 Å². The van der Waals surface area contributed by atoms with Gasteiger partial charge in [-0.25, -0.2) is 4.98 Å². The predicted octanol–water partition coefficient (Wildman–Crippen LogP) is 2.68. The Morgan fingerprint density at radius 3 is 3.11 bits per heavy atom. The number of hydrogen-bond donors (Lipinski definition) is 0. The van der Waals surface area contributed by atoms with E-state index in [0.717, 1.165) is 16.8 Å². The Morgan fingerprint density at radius 2 is 2.39 bits per heavy atom. The van der Waals surface area contributed by atoms with Crippen LogP contribution in [-0.4, -0.2) is 17.4 Å². The summed E-state index contributed by atoms with van der Waals surface area (Å²) in [6, 6.07) is 5.66. The second-order valence-corrected chi connectivity index (χ2v) is 4.56. The van der Waals surface area contributed by atoms with Gasteiger partial charge in [0.25, 0.3) is 0 Å². The second-order valence-electron chi connectivity index (χ2n) is 4.56. The minimum Gasteiger partial charge on any atom is -0.441 e. The van der Waals surface area contributed by atoms with Gasteiger partial charge in [0, 0.05) is 25.8 Å². The highest BCUT2D eigenvalue weighted by molar-refractivity contribution is 6.02. The number of oxazole rings is 1. The van der Waals surface area contributed by atoms with Crippen molar-refractivity contribution >= 4 is 22.7 Å². The molecule has 0 bridgehead atoms. The van der Waals surface area contributed by atoms with Crippen LogP contribution in [0.3, 0.4) is 0 Å². The molecule has 1 fully saturated rings. The fourth-order valence-electron chi connectivity index (χ4n) is 2.39. The highest BCUT2D eigenvalue weighted by Crippen LogP contribution is 2.31. The summed E-state index contributed by atoms with van der Waals surface area (Å²) in [6.45, 7) is 6.24. The normalized spacial score (nSPS) is 19.7. The van der Waals surface area contributed by atoms with Gasteiger partial charge in [0.05, 0.1) is 5.69 Å². The van der Waals surface area contributed by atoms with Crippen molar-refractivity contribution in [3.05, 3.63) is 36.7 Å². The van der Waals surface area contributed by atoms with Crippen molar-refractivity contribution in [2.24, 2.45) is 5.92 Å². The van der Waals surface area contributed by atoms with E-state index < -0.39 is 0 Å². The first-order valence-electron chi connectivity index (χ1n) is 5.98. The molecule has 0 aliphatic carbocycles. The molecule has 2 heterocycles. The number of aromatic nitrogens is 1. The minimum absolute atomic E-state index is 0.119. The van der Waals surface area contributed by atoms with Crippen LogP contribution < -0.4 is 4.90 Å². The monoisotopic (exact) mass is 242 g/mol. The van der Waals surface area contributed by atoms with Crippen LogP contribution >= 0.6 is 0 Å². The third kappa shape index (κ3) is 1.61. The summed E-state index contributed by atoms with van der Waals surface area (Å²) in [5, 5.41) is 0. The van der Waals surface area contributed by atoms with E-state index in [2.05, 4.69) is 11.6 Å². The SMILES string of the molecule is C=CC1CC(=O)N(c2cccc3oc(C)nc23)C1. The van der Waals surface area contributed by atoms with Crippen molar-refractivity contribution in [3.8, 4) is 0 Å². The number of para-hydroxylation sites is 1. The number of carbonyl (C=O) groups excluding carboxylic acids is 1. The van der Waals surface area contributed by atoms with Gasteiger partial charge in [-0.05, 0) is 12.1 Å². The van der Waals surface area contributed by atoms with Gasteiger partial charge >= 0.3 is 0 Å². The van der Waals surface area contributed by atoms with E-state index in [-0.39, 0.29) is 11.8 Å². The summed E-state index contributed by atoms with van der Waals surface area (Å²) in [7, 11) is 0. The average molecular weight is 242 g/mol. The first-order valence-corrected chi connectivity index (χ1v) is 5.98. The van der Waals surface area contributed by atoms with E-state index in [9.17, 15) is 4.79 Å². The van der Waals surface area contributed by atoms with Gasteiger partial charge in [-0.3, -0.25) is 4.79 Å². The zero-order valence-electron chi connectivity index (χ0n) is 10.2. The fourth-order valence-corrected chi connectivity index (χ4v) is 2.39. The molecule has 3 rings (SSSR count). The Balaban J connectivity index is 2.09. The number of fused-ring (bicyclic) bond motifs is 1. The van der Waals surface area contributed by atoms with Crippen LogP contribution in [0.5, 0.6) is 0 Å². The van der Waals surface area contributed by atoms with Crippen molar-refractivity contribution in [2.45, 2.75) is 13.3 Å². The largest absolute Gasteiger partial charge is 0.441 e. The number of rotatable bonds is 2. The molecular weight excluding hydrogens is 228 g/mol. The Labute approximate surface area is 105 Å². The van der Waals surface area contributed by atoms with Gasteiger partial charge in [0.15, 0.2) is 11.5 Å². The van der Waals surface area contributed by atoms with Gasteiger partial charge in [0.1, 0.15) is 5.52 Å². The summed E-state index contributed by atoms with van der Waals surface area (Å²) < 4.78 is 5.49. The molecule has 0 N–H and O–H groups in total. The van der Waals surface area contributed by atoms with Crippen molar-refractivity contribution < 1.29 is 9.21 Å². The first-order chi connectivity index (χ1) is 8.69. The lowest BCUT2D eigenvalue weighted by Crippen LogP contribution is -2.24. The first kappa shape index (κ1) is 11.0. The predicted molar refractivity (Wildman–Crippen MR) is 69.4 cm³/mol. The zero-order chi connectivity index (χ0) is 12.7.